The number of amides is 1. The number of hydrogen-bond acceptors (Lipinski definition) is 2. The molecule has 1 heterocycles. The lowest BCUT2D eigenvalue weighted by atomic mass is 10.1. The molecular formula is C19H28N3O2+. The van der Waals surface area contributed by atoms with Crippen molar-refractivity contribution in [3.63, 3.8) is 0 Å². The van der Waals surface area contributed by atoms with Crippen LogP contribution in [0.5, 0.6) is 0 Å². The van der Waals surface area contributed by atoms with E-state index in [0.717, 1.165) is 29.7 Å². The van der Waals surface area contributed by atoms with E-state index >= 15 is 0 Å². The second-order valence-electron chi connectivity index (χ2n) is 6.43. The molecule has 2 rings (SSSR count). The quantitative estimate of drug-likeness (QED) is 0.563. The van der Waals surface area contributed by atoms with Crippen LogP contribution in [0.2, 0.25) is 0 Å². The van der Waals surface area contributed by atoms with Gasteiger partial charge in [0.15, 0.2) is 0 Å². The molecule has 1 aromatic heterocycles. The number of fused-ring (bicyclic) bond motifs is 1. The van der Waals surface area contributed by atoms with Crippen molar-refractivity contribution in [2.45, 2.75) is 26.7 Å². The molecule has 5 nitrogen and oxygen atoms in total. The van der Waals surface area contributed by atoms with Gasteiger partial charge in [0.05, 0.1) is 32.2 Å². The average molecular weight is 330 g/mol. The first-order chi connectivity index (χ1) is 11.5. The molecule has 1 atom stereocenters. The minimum Gasteiger partial charge on any atom is -0.347 e. The highest BCUT2D eigenvalue weighted by Gasteiger charge is 2.23. The SMILES string of the molecule is CCCC[NH+](C)CCNC(=O)C(=O)c1c(C)n(C)c2ccccc12. The van der Waals surface area contributed by atoms with Gasteiger partial charge >= 0.3 is 0 Å². The Morgan fingerprint density at radius 2 is 1.92 bits per heavy atom. The van der Waals surface area contributed by atoms with E-state index in [2.05, 4.69) is 19.3 Å². The summed E-state index contributed by atoms with van der Waals surface area (Å²) >= 11 is 0. The Balaban J connectivity index is 2.04. The molecule has 1 unspecified atom stereocenters. The first kappa shape index (κ1) is 18.2. The van der Waals surface area contributed by atoms with Gasteiger partial charge in [-0.1, -0.05) is 31.5 Å². The predicted octanol–water partition coefficient (Wildman–Crippen LogP) is 1.10. The van der Waals surface area contributed by atoms with Gasteiger partial charge in [-0.05, 0) is 19.4 Å². The molecule has 0 bridgehead atoms. The number of hydrogen-bond donors (Lipinski definition) is 2. The van der Waals surface area contributed by atoms with Gasteiger partial charge in [-0.25, -0.2) is 0 Å². The summed E-state index contributed by atoms with van der Waals surface area (Å²) in [6.07, 6.45) is 2.34. The molecule has 0 fully saturated rings. The molecule has 1 amide bonds. The summed E-state index contributed by atoms with van der Waals surface area (Å²) in [5.41, 5.74) is 2.30. The molecule has 0 saturated carbocycles. The van der Waals surface area contributed by atoms with Gasteiger partial charge in [0.1, 0.15) is 0 Å². The largest absolute Gasteiger partial charge is 0.347 e. The van der Waals surface area contributed by atoms with Crippen molar-refractivity contribution in [3.8, 4) is 0 Å². The third kappa shape index (κ3) is 3.85. The molecule has 0 radical (unpaired) electrons. The Morgan fingerprint density at radius 1 is 1.21 bits per heavy atom. The number of nitrogens with zero attached hydrogens (tertiary/aromatic N) is 1. The predicted molar refractivity (Wildman–Crippen MR) is 96.5 cm³/mol. The van der Waals surface area contributed by atoms with Crippen LogP contribution >= 0.6 is 0 Å². The summed E-state index contributed by atoms with van der Waals surface area (Å²) < 4.78 is 1.96. The van der Waals surface area contributed by atoms with Gasteiger partial charge in [-0.2, -0.15) is 0 Å². The van der Waals surface area contributed by atoms with E-state index in [1.54, 1.807) is 0 Å². The van der Waals surface area contributed by atoms with Crippen LogP contribution in [0.3, 0.4) is 0 Å². The van der Waals surface area contributed by atoms with Gasteiger partial charge in [-0.3, -0.25) is 9.59 Å². The summed E-state index contributed by atoms with van der Waals surface area (Å²) in [6, 6.07) is 7.68. The summed E-state index contributed by atoms with van der Waals surface area (Å²) in [7, 11) is 4.02. The third-order valence-electron chi connectivity index (χ3n) is 4.63. The van der Waals surface area contributed by atoms with Crippen molar-refractivity contribution in [2.24, 2.45) is 7.05 Å². The van der Waals surface area contributed by atoms with Crippen LogP contribution < -0.4 is 10.2 Å². The molecule has 1 aromatic carbocycles. The van der Waals surface area contributed by atoms with E-state index in [0.29, 0.717) is 12.1 Å². The van der Waals surface area contributed by atoms with E-state index in [9.17, 15) is 9.59 Å². The maximum absolute atomic E-state index is 12.6. The smallest absolute Gasteiger partial charge is 0.292 e. The summed E-state index contributed by atoms with van der Waals surface area (Å²) in [5, 5.41) is 3.61. The van der Waals surface area contributed by atoms with Crippen LogP contribution in [0, 0.1) is 6.92 Å². The number of likely N-dealkylation sites (N-methyl/N-ethyl adjacent to an activating group) is 1. The Labute approximate surface area is 143 Å². The van der Waals surface area contributed by atoms with E-state index in [1.165, 1.54) is 17.7 Å². The van der Waals surface area contributed by atoms with Crippen LogP contribution in [0.15, 0.2) is 24.3 Å². The van der Waals surface area contributed by atoms with E-state index in [1.807, 2.05) is 42.8 Å². The normalized spacial score (nSPS) is 12.3. The van der Waals surface area contributed by atoms with Crippen molar-refractivity contribution >= 4 is 22.6 Å². The monoisotopic (exact) mass is 330 g/mol. The standard InChI is InChI=1S/C19H27N3O2/c1-5-6-12-21(3)13-11-20-19(24)18(23)17-14(2)22(4)16-10-8-7-9-15(16)17/h7-10H,5-6,11-13H2,1-4H3,(H,20,24)/p+1. The first-order valence-corrected chi connectivity index (χ1v) is 8.65. The van der Waals surface area contributed by atoms with Crippen LogP contribution in [-0.4, -0.2) is 42.9 Å². The van der Waals surface area contributed by atoms with E-state index in [-0.39, 0.29) is 0 Å². The van der Waals surface area contributed by atoms with Gasteiger partial charge in [0.2, 0.25) is 0 Å². The summed E-state index contributed by atoms with van der Waals surface area (Å²) in [6.45, 7) is 6.48. The van der Waals surface area contributed by atoms with Crippen molar-refractivity contribution in [3.05, 3.63) is 35.5 Å². The molecule has 0 saturated heterocycles. The zero-order chi connectivity index (χ0) is 17.7. The lowest BCUT2D eigenvalue weighted by Crippen LogP contribution is -3.09. The second-order valence-corrected chi connectivity index (χ2v) is 6.43. The van der Waals surface area contributed by atoms with Crippen molar-refractivity contribution < 1.29 is 14.5 Å². The Kier molecular flexibility index (Phi) is 6.15. The average Bonchev–Trinajstić information content (AvgIpc) is 2.83. The molecule has 24 heavy (non-hydrogen) atoms. The fourth-order valence-electron chi connectivity index (χ4n) is 2.99. The Bertz CT molecular complexity index is 734. The second kappa shape index (κ2) is 8.11. The van der Waals surface area contributed by atoms with E-state index < -0.39 is 11.7 Å². The Hall–Kier alpha value is -2.14. The zero-order valence-electron chi connectivity index (χ0n) is 15.1. The maximum Gasteiger partial charge on any atom is 0.292 e. The lowest BCUT2D eigenvalue weighted by Gasteiger charge is -2.13. The molecule has 0 spiro atoms. The minimum absolute atomic E-state index is 0.449. The number of carbonyl (C=O) groups excluding carboxylic acids is 2. The molecule has 130 valence electrons. The number of aryl methyl sites for hydroxylation is 1. The first-order valence-electron chi connectivity index (χ1n) is 8.65. The highest BCUT2D eigenvalue weighted by Crippen LogP contribution is 2.25. The maximum atomic E-state index is 12.6. The Morgan fingerprint density at radius 3 is 2.62 bits per heavy atom. The molecule has 0 aliphatic rings. The molecule has 0 aliphatic heterocycles. The number of ketones is 1. The number of rotatable bonds is 8. The van der Waals surface area contributed by atoms with Gasteiger partial charge in [0.25, 0.3) is 11.7 Å². The number of carbonyl (C=O) groups is 2. The van der Waals surface area contributed by atoms with Gasteiger partial charge in [0, 0.05) is 23.6 Å². The van der Waals surface area contributed by atoms with Crippen LogP contribution in [0.1, 0.15) is 35.8 Å². The molecule has 0 aliphatic carbocycles. The number of benzene rings is 1. The van der Waals surface area contributed by atoms with Crippen LogP contribution in [0.4, 0.5) is 0 Å². The number of para-hydroxylation sites is 1. The molecular weight excluding hydrogens is 302 g/mol. The molecule has 2 aromatic rings. The topological polar surface area (TPSA) is 55.5 Å². The van der Waals surface area contributed by atoms with Crippen LogP contribution in [-0.2, 0) is 11.8 Å². The number of quaternary nitrogens is 1. The molecule has 2 N–H and O–H groups in total. The summed E-state index contributed by atoms with van der Waals surface area (Å²) in [4.78, 5) is 26.2. The lowest BCUT2D eigenvalue weighted by molar-refractivity contribution is -0.878. The zero-order valence-corrected chi connectivity index (χ0v) is 15.1. The van der Waals surface area contributed by atoms with Gasteiger partial charge in [-0.15, -0.1) is 0 Å². The summed E-state index contributed by atoms with van der Waals surface area (Å²) in [5.74, 6) is -0.965. The number of unbranched alkanes of at least 4 members (excludes halogenated alkanes) is 1. The fraction of sp³-hybridized carbons (Fsp3) is 0.474. The van der Waals surface area contributed by atoms with Crippen molar-refractivity contribution in [2.75, 3.05) is 26.7 Å². The van der Waals surface area contributed by atoms with Crippen LogP contribution in [0.25, 0.3) is 10.9 Å². The highest BCUT2D eigenvalue weighted by atomic mass is 16.2. The fourth-order valence-corrected chi connectivity index (χ4v) is 2.99. The number of Topliss-reactive ketones (excluding diaryl/α,β-unsaturated/α-hetero) is 1. The number of aromatic nitrogens is 1. The molecule has 5 heteroatoms. The highest BCUT2D eigenvalue weighted by molar-refractivity contribution is 6.45. The van der Waals surface area contributed by atoms with Crippen molar-refractivity contribution in [1.82, 2.24) is 9.88 Å². The van der Waals surface area contributed by atoms with E-state index in [4.69, 9.17) is 0 Å². The van der Waals surface area contributed by atoms with Crippen molar-refractivity contribution in [1.29, 1.82) is 0 Å². The number of nitrogens with one attached hydrogen (secondary N) is 2. The third-order valence-corrected chi connectivity index (χ3v) is 4.63. The minimum atomic E-state index is -0.516. The van der Waals surface area contributed by atoms with Gasteiger partial charge < -0.3 is 14.8 Å².